The maximum atomic E-state index is 13.0. The molecule has 0 spiro atoms. The molecule has 1 aromatic rings. The third kappa shape index (κ3) is 7.74. The van der Waals surface area contributed by atoms with Gasteiger partial charge in [-0.05, 0) is 25.7 Å². The first kappa shape index (κ1) is 23.3. The first-order valence-electron chi connectivity index (χ1n) is 11.1. The third-order valence-electron chi connectivity index (χ3n) is 5.77. The zero-order valence-electron chi connectivity index (χ0n) is 17.5. The number of aliphatic carboxylic acids is 1. The minimum Gasteiger partial charge on any atom is -0.481 e. The highest BCUT2D eigenvalue weighted by atomic mass is 32.2. The van der Waals surface area contributed by atoms with E-state index in [-0.39, 0.29) is 18.5 Å². The van der Waals surface area contributed by atoms with Crippen molar-refractivity contribution in [2.45, 2.75) is 87.0 Å². The number of rotatable bonds is 10. The van der Waals surface area contributed by atoms with Crippen molar-refractivity contribution in [3.8, 4) is 0 Å². The summed E-state index contributed by atoms with van der Waals surface area (Å²) in [4.78, 5) is 29.9. The second-order valence-electron chi connectivity index (χ2n) is 8.02. The fourth-order valence-electron chi connectivity index (χ4n) is 4.18. The highest BCUT2D eigenvalue weighted by Gasteiger charge is 2.26. The molecular formula is C21H33N3O4S2. The number of anilines is 1. The number of thioether (sulfide) groups is 1. The van der Waals surface area contributed by atoms with Crippen molar-refractivity contribution in [1.82, 2.24) is 9.88 Å². The van der Waals surface area contributed by atoms with E-state index < -0.39 is 5.97 Å². The average Bonchev–Trinajstić information content (AvgIpc) is 3.19. The largest absolute Gasteiger partial charge is 0.481 e. The molecule has 2 aliphatic carbocycles. The Bertz CT molecular complexity index is 673. The minimum atomic E-state index is -0.806. The lowest BCUT2D eigenvalue weighted by Gasteiger charge is -2.34. The molecule has 0 saturated heterocycles. The molecule has 0 unspecified atom stereocenters. The first-order valence-corrected chi connectivity index (χ1v) is 12.9. The lowest BCUT2D eigenvalue weighted by atomic mass is 9.94. The smallest absolute Gasteiger partial charge is 0.323 e. The maximum Gasteiger partial charge on any atom is 0.323 e. The van der Waals surface area contributed by atoms with Crippen molar-refractivity contribution >= 4 is 40.2 Å². The molecule has 2 fully saturated rings. The van der Waals surface area contributed by atoms with Crippen LogP contribution in [0.15, 0.2) is 10.4 Å². The van der Waals surface area contributed by atoms with E-state index in [1.54, 1.807) is 6.20 Å². The summed E-state index contributed by atoms with van der Waals surface area (Å²) in [7, 11) is 0. The van der Waals surface area contributed by atoms with Gasteiger partial charge in [-0.15, -0.1) is 11.8 Å². The Morgan fingerprint density at radius 2 is 1.87 bits per heavy atom. The van der Waals surface area contributed by atoms with E-state index in [0.29, 0.717) is 30.1 Å². The molecule has 0 atom stereocenters. The Labute approximate surface area is 187 Å². The molecule has 3 rings (SSSR count). The predicted octanol–water partition coefficient (Wildman–Crippen LogP) is 5.23. The Kier molecular flexibility index (Phi) is 9.74. The van der Waals surface area contributed by atoms with Crippen LogP contribution in [0.2, 0.25) is 0 Å². The van der Waals surface area contributed by atoms with Crippen LogP contribution in [0.1, 0.15) is 70.6 Å². The highest BCUT2D eigenvalue weighted by Crippen LogP contribution is 2.29. The van der Waals surface area contributed by atoms with Crippen LogP contribution in [0.3, 0.4) is 0 Å². The van der Waals surface area contributed by atoms with E-state index in [1.165, 1.54) is 61.6 Å². The lowest BCUT2D eigenvalue weighted by molar-refractivity contribution is -0.136. The minimum absolute atomic E-state index is 0.106. The molecule has 2 aliphatic rings. The van der Waals surface area contributed by atoms with Crippen molar-refractivity contribution in [2.24, 2.45) is 0 Å². The van der Waals surface area contributed by atoms with Gasteiger partial charge in [0.25, 0.3) is 0 Å². The number of carboxylic acids is 1. The molecule has 1 heterocycles. The van der Waals surface area contributed by atoms with Crippen LogP contribution in [0.25, 0.3) is 0 Å². The van der Waals surface area contributed by atoms with Gasteiger partial charge in [-0.3, -0.25) is 10.1 Å². The Morgan fingerprint density at radius 3 is 2.57 bits per heavy atom. The van der Waals surface area contributed by atoms with Crippen molar-refractivity contribution < 1.29 is 19.4 Å². The molecule has 0 aliphatic heterocycles. The van der Waals surface area contributed by atoms with Crippen LogP contribution in [-0.2, 0) is 9.53 Å². The number of carboxylic acid groups (broad SMARTS) is 1. The molecule has 2 amide bonds. The normalized spacial score (nSPS) is 18.3. The zero-order valence-corrected chi connectivity index (χ0v) is 19.1. The Balaban J connectivity index is 1.52. The number of thiazole rings is 1. The maximum absolute atomic E-state index is 13.0. The summed E-state index contributed by atoms with van der Waals surface area (Å²) < 4.78 is 7.00. The van der Waals surface area contributed by atoms with Crippen LogP contribution in [-0.4, -0.2) is 58.0 Å². The number of hydrogen-bond donors (Lipinski definition) is 2. The Morgan fingerprint density at radius 1 is 1.17 bits per heavy atom. The van der Waals surface area contributed by atoms with E-state index in [9.17, 15) is 9.59 Å². The number of carbonyl (C=O) groups excluding carboxylic acids is 1. The van der Waals surface area contributed by atoms with Crippen molar-refractivity contribution in [1.29, 1.82) is 0 Å². The van der Waals surface area contributed by atoms with Gasteiger partial charge < -0.3 is 14.7 Å². The number of nitrogens with one attached hydrogen (secondary N) is 1. The molecule has 1 aromatic heterocycles. The SMILES string of the molecule is O=C(O)CCSc1cnc(NC(=O)N(CCOC2CCCCC2)C2CCCCC2)s1. The molecule has 9 heteroatoms. The van der Waals surface area contributed by atoms with Gasteiger partial charge in [0.15, 0.2) is 5.13 Å². The fourth-order valence-corrected chi connectivity index (χ4v) is 6.05. The van der Waals surface area contributed by atoms with E-state index in [2.05, 4.69) is 10.3 Å². The van der Waals surface area contributed by atoms with Crippen molar-refractivity contribution in [3.63, 3.8) is 0 Å². The standard InChI is InChI=1S/C21H33N3O4S2/c25-18(26)11-14-29-19-15-22-20(30-19)23-21(27)24(16-7-3-1-4-8-16)12-13-28-17-9-5-2-6-10-17/h15-17H,1-14H2,(H,25,26)(H,22,23,27). The summed E-state index contributed by atoms with van der Waals surface area (Å²) >= 11 is 2.85. The highest BCUT2D eigenvalue weighted by molar-refractivity contribution is 8.01. The van der Waals surface area contributed by atoms with Crippen LogP contribution >= 0.6 is 23.1 Å². The number of ether oxygens (including phenoxy) is 1. The number of nitrogens with zero attached hydrogens (tertiary/aromatic N) is 2. The molecule has 0 radical (unpaired) electrons. The number of amides is 2. The van der Waals surface area contributed by atoms with Gasteiger partial charge in [-0.25, -0.2) is 9.78 Å². The topological polar surface area (TPSA) is 91.8 Å². The molecule has 2 N–H and O–H groups in total. The van der Waals surface area contributed by atoms with Crippen LogP contribution in [0.5, 0.6) is 0 Å². The summed E-state index contributed by atoms with van der Waals surface area (Å²) in [6, 6.07) is 0.156. The molecule has 30 heavy (non-hydrogen) atoms. The van der Waals surface area contributed by atoms with Crippen LogP contribution in [0, 0.1) is 0 Å². The van der Waals surface area contributed by atoms with Crippen molar-refractivity contribution in [2.75, 3.05) is 24.2 Å². The number of aromatic nitrogens is 1. The van der Waals surface area contributed by atoms with Crippen LogP contribution < -0.4 is 5.32 Å². The molecule has 2 saturated carbocycles. The lowest BCUT2D eigenvalue weighted by Crippen LogP contribution is -2.45. The quantitative estimate of drug-likeness (QED) is 0.470. The second-order valence-corrected chi connectivity index (χ2v) is 10.4. The van der Waals surface area contributed by atoms with E-state index in [1.807, 2.05) is 4.90 Å². The summed E-state index contributed by atoms with van der Waals surface area (Å²) in [6.45, 7) is 1.20. The summed E-state index contributed by atoms with van der Waals surface area (Å²) in [5.74, 6) is -0.309. The molecule has 0 aromatic carbocycles. The van der Waals surface area contributed by atoms with Gasteiger partial charge in [-0.1, -0.05) is 49.9 Å². The summed E-state index contributed by atoms with van der Waals surface area (Å²) in [6.07, 6.45) is 13.9. The molecular weight excluding hydrogens is 422 g/mol. The molecule has 7 nitrogen and oxygen atoms in total. The second kappa shape index (κ2) is 12.5. The van der Waals surface area contributed by atoms with Gasteiger partial charge in [-0.2, -0.15) is 0 Å². The fraction of sp³-hybridized carbons (Fsp3) is 0.762. The van der Waals surface area contributed by atoms with E-state index in [4.69, 9.17) is 9.84 Å². The molecule has 168 valence electrons. The zero-order chi connectivity index (χ0) is 21.2. The van der Waals surface area contributed by atoms with Gasteiger partial charge in [0, 0.05) is 18.3 Å². The first-order chi connectivity index (χ1) is 14.6. The van der Waals surface area contributed by atoms with Gasteiger partial charge in [0.1, 0.15) is 0 Å². The summed E-state index contributed by atoms with van der Waals surface area (Å²) in [5.41, 5.74) is 0. The van der Waals surface area contributed by atoms with Gasteiger partial charge in [0.2, 0.25) is 0 Å². The summed E-state index contributed by atoms with van der Waals surface area (Å²) in [5, 5.41) is 12.3. The van der Waals surface area contributed by atoms with Gasteiger partial charge in [0.05, 0.1) is 29.5 Å². The molecule has 0 bridgehead atoms. The van der Waals surface area contributed by atoms with Gasteiger partial charge >= 0.3 is 12.0 Å². The van der Waals surface area contributed by atoms with E-state index in [0.717, 1.165) is 29.9 Å². The van der Waals surface area contributed by atoms with E-state index >= 15 is 0 Å². The Hall–Kier alpha value is -1.32. The predicted molar refractivity (Wildman–Crippen MR) is 121 cm³/mol. The monoisotopic (exact) mass is 455 g/mol. The van der Waals surface area contributed by atoms with Crippen LogP contribution in [0.4, 0.5) is 9.93 Å². The average molecular weight is 456 g/mol. The number of hydrogen-bond acceptors (Lipinski definition) is 6. The third-order valence-corrected chi connectivity index (χ3v) is 7.88. The number of carbonyl (C=O) groups is 2. The van der Waals surface area contributed by atoms with Crippen molar-refractivity contribution in [3.05, 3.63) is 6.20 Å². The number of urea groups is 1.